The zero-order chi connectivity index (χ0) is 106. The van der Waals surface area contributed by atoms with Crippen molar-refractivity contribution in [2.75, 3.05) is 19.7 Å². The van der Waals surface area contributed by atoms with Gasteiger partial charge in [0, 0.05) is 32.7 Å². The van der Waals surface area contributed by atoms with Crippen molar-refractivity contribution in [3.63, 3.8) is 0 Å². The van der Waals surface area contributed by atoms with Crippen molar-refractivity contribution < 1.29 is 122 Å². The number of amides is 1. The minimum absolute atomic E-state index is 0.0457. The van der Waals surface area contributed by atoms with Crippen LogP contribution in [0.3, 0.4) is 0 Å². The lowest BCUT2D eigenvalue weighted by molar-refractivity contribution is -0.135. The molecule has 1 aliphatic heterocycles. The van der Waals surface area contributed by atoms with Gasteiger partial charge in [-0.15, -0.1) is 0 Å². The summed E-state index contributed by atoms with van der Waals surface area (Å²) in [4.78, 5) is 95.3. The first kappa shape index (κ1) is 120. The summed E-state index contributed by atoms with van der Waals surface area (Å²) in [6.45, 7) is 35.9. The fraction of sp³-hybridized carbons (Fsp3) is 0.678. The summed E-state index contributed by atoms with van der Waals surface area (Å²) < 4.78 is 0. The largest absolute Gasteiger partial charge is 0.497 e. The van der Waals surface area contributed by atoms with Crippen LogP contribution in [0, 0.1) is 34.0 Å². The Morgan fingerprint density at radius 2 is 0.730 bits per heavy atom. The molecule has 1 amide bonds. The molecule has 1 aromatic rings. The molecule has 1 saturated heterocycles. The van der Waals surface area contributed by atoms with Crippen molar-refractivity contribution in [2.45, 2.75) is 355 Å². The molecule has 26 N–H and O–H groups in total. The Balaban J connectivity index is 2.52. The average molecular weight is 1940 g/mol. The van der Waals surface area contributed by atoms with Gasteiger partial charge < -0.3 is 122 Å². The van der Waals surface area contributed by atoms with Crippen LogP contribution < -0.4 is 0 Å². The molecule has 0 unspecified atom stereocenters. The Labute approximate surface area is 798 Å². The maximum atomic E-state index is 14.6. The van der Waals surface area contributed by atoms with Crippen molar-refractivity contribution in [1.29, 1.82) is 16.2 Å². The fourth-order valence-electron chi connectivity index (χ4n) is 12.7. The third kappa shape index (κ3) is 39.0. The van der Waals surface area contributed by atoms with Crippen LogP contribution in [0.25, 0.3) is 0 Å². The highest BCUT2D eigenvalue weighted by Crippen LogP contribution is 2.30. The van der Waals surface area contributed by atoms with Crippen molar-refractivity contribution >= 4 is 136 Å². The van der Waals surface area contributed by atoms with E-state index in [0.717, 1.165) is 5.56 Å². The Morgan fingerprint density at radius 1 is 0.380 bits per heavy atom. The third-order valence-corrected chi connectivity index (χ3v) is 21.0. The van der Waals surface area contributed by atoms with Gasteiger partial charge in [-0.2, -0.15) is 0 Å². The summed E-state index contributed by atoms with van der Waals surface area (Å²) in [5, 5.41) is 276. The fourth-order valence-corrected chi connectivity index (χ4v) is 12.7. The summed E-state index contributed by atoms with van der Waals surface area (Å²) in [5.41, 5.74) is -13.1. The lowest BCUT2D eigenvalue weighted by atomic mass is 10.0. The number of aliphatic imine (C=N–C) groups is 19. The monoisotopic (exact) mass is 1940 g/mol. The van der Waals surface area contributed by atoms with Crippen LogP contribution >= 0.6 is 0 Å². The van der Waals surface area contributed by atoms with E-state index in [2.05, 4.69) is 94.9 Å². The van der Waals surface area contributed by atoms with Gasteiger partial charge in [0.1, 0.15) is 111 Å². The first-order valence-electron chi connectivity index (χ1n) is 44.6. The normalized spacial score (nSPS) is 18.9. The molecule has 11 atom stereocenters. The van der Waals surface area contributed by atoms with Gasteiger partial charge in [-0.05, 0) is 200 Å². The standard InChI is InChI=1S/C90H149N23O24/c1-45(2)41-57(71(126)109-90(25,26)82(137)113-40-30-33-58(113)72(127)103-63(46(3)4)73(128)111-89(23,24)81(136)112-88(21,22)79(134)102-55(35-38-60(92)117)69(124)101-54(34-37-59(91)116)68(123)98-53(44-114)42-52-31-28-27-29-32-52)99-62(119)43-94-75(130)83(11,12)110-74(129)64(47(5)6)104-80(135)87(19,20)108-70(125)56(36-39-61(93)118)100-65(120)48(7)95-77(132)85(15,16)106-67(122)50(9)97-78(133)86(17,18)107-66(121)49(8)96-76(131)84(13,14)105-51(10)115/h27-29,31-32,45-50,53-58,63-64,114H,30,33-44H2,1-26H3,(H2,91,116)(H2,92,117)(H2,93,118)(H,94,130)(H,95,132)(H,96,131)(H,97,133)(H,98,123)(H,99,119)(H,100,120)(H,101,124)(H,102,134)(H,103,127)(H,104,135)(H,105,115)(H,106,122)(H,107,121)(H,108,125)(H,109,126)(H,110,129)(H,111,128)(H,112,136)/t48-,49-,50-,53-,54-,55-,56-,57-,58-,63-,64-/m0/s1. The van der Waals surface area contributed by atoms with Crippen LogP contribution in [0.2, 0.25) is 0 Å². The molecule has 0 saturated carbocycles. The van der Waals surface area contributed by atoms with E-state index in [-0.39, 0.29) is 63.3 Å². The van der Waals surface area contributed by atoms with Crippen LogP contribution in [0.4, 0.5) is 0 Å². The first-order chi connectivity index (χ1) is 62.7. The molecule has 1 aliphatic rings. The van der Waals surface area contributed by atoms with Gasteiger partial charge in [-0.25, -0.2) is 94.9 Å². The number of nitrogens with zero attached hydrogens (tertiary/aromatic N) is 20. The summed E-state index contributed by atoms with van der Waals surface area (Å²) in [6, 6.07) is -5.54. The molecule has 137 heavy (non-hydrogen) atoms. The molecule has 0 bridgehead atoms. The highest BCUT2D eigenvalue weighted by molar-refractivity contribution is 6.00. The predicted octanol–water partition coefficient (Wildman–Crippen LogP) is 13.7. The molecule has 768 valence electrons. The molecule has 0 spiro atoms. The van der Waals surface area contributed by atoms with Crippen molar-refractivity contribution in [2.24, 2.45) is 113 Å². The number of aliphatic hydroxyl groups excluding tert-OH is 23. The summed E-state index contributed by atoms with van der Waals surface area (Å²) in [7, 11) is 0. The summed E-state index contributed by atoms with van der Waals surface area (Å²) in [5.74, 6) is -18.3. The van der Waals surface area contributed by atoms with Crippen molar-refractivity contribution in [3.8, 4) is 0 Å². The van der Waals surface area contributed by atoms with Gasteiger partial charge >= 0.3 is 0 Å². The van der Waals surface area contributed by atoms with Gasteiger partial charge in [-0.3, -0.25) is 21.0 Å². The van der Waals surface area contributed by atoms with Gasteiger partial charge in [0.2, 0.25) is 106 Å². The van der Waals surface area contributed by atoms with E-state index >= 15 is 0 Å². The Hall–Kier alpha value is -13.0. The number of aliphatic hydroxyl groups is 23. The van der Waals surface area contributed by atoms with Gasteiger partial charge in [-0.1, -0.05) is 71.9 Å². The van der Waals surface area contributed by atoms with Crippen LogP contribution in [0.15, 0.2) is 125 Å². The molecule has 47 heteroatoms. The lowest BCUT2D eigenvalue weighted by Crippen LogP contribution is -2.50. The van der Waals surface area contributed by atoms with E-state index in [0.29, 0.717) is 6.42 Å². The molecule has 47 nitrogen and oxygen atoms in total. The SMILES string of the molecule is CC(O)=NC(C)(C)C(O)=N[C@@H](C)C(O)=NC(C)(C)C(O)=N[C@@H](C)C(O)=NC(C)(C)C(O)=N[C@@H](C)C(O)=N[C@@H](CCC(=N)O)C(O)=NC(C)(C)C(O)=N[C@H](C(O)=NC(C)(C)C(O)=NCC(O)=N[C@@H](CC(C)C)C(O)=NC(C)(C)C(=O)N1CCC[C@H]1C(O)=N[C@H](C(O)=NC(C)(C)C(O)=NC(C)(C)C(O)=N[C@@H](CCC(=N)O)C(O)=N[C@@H](CCC(=N)O)C(O)=N[C@H](CO)Cc1ccccc1)C(C)C)C(C)C. The van der Waals surface area contributed by atoms with Gasteiger partial charge in [0.15, 0.2) is 23.6 Å². The molecule has 1 aromatic carbocycles. The van der Waals surface area contributed by atoms with Gasteiger partial charge in [0.05, 0.1) is 12.6 Å². The van der Waals surface area contributed by atoms with E-state index in [1.165, 1.54) is 143 Å². The van der Waals surface area contributed by atoms with E-state index in [1.54, 1.807) is 71.9 Å². The predicted molar refractivity (Wildman–Crippen MR) is 539 cm³/mol. The molecule has 0 aromatic heterocycles. The second-order valence-electron chi connectivity index (χ2n) is 38.5. The minimum Gasteiger partial charge on any atom is -0.497 e. The topological polar surface area (TPSA) is 792 Å². The van der Waals surface area contributed by atoms with Crippen molar-refractivity contribution in [1.82, 2.24) is 4.90 Å². The van der Waals surface area contributed by atoms with Crippen LogP contribution in [-0.4, -0.2) is 388 Å². The van der Waals surface area contributed by atoms with Crippen LogP contribution in [0.5, 0.6) is 0 Å². The molecule has 1 fully saturated rings. The molecule has 0 aliphatic carbocycles. The summed E-state index contributed by atoms with van der Waals surface area (Å²) in [6.07, 6.45) is -1.42. The first-order valence-corrected chi connectivity index (χ1v) is 44.6. The van der Waals surface area contributed by atoms with Crippen molar-refractivity contribution in [3.05, 3.63) is 35.9 Å². The zero-order valence-electron chi connectivity index (χ0n) is 83.3. The molecule has 1 heterocycles. The second-order valence-corrected chi connectivity index (χ2v) is 38.5. The van der Waals surface area contributed by atoms with Crippen LogP contribution in [0.1, 0.15) is 243 Å². The Morgan fingerprint density at radius 3 is 1.16 bits per heavy atom. The number of carbonyl (C=O) groups excluding carboxylic acids is 1. The highest BCUT2D eigenvalue weighted by Gasteiger charge is 2.44. The zero-order valence-corrected chi connectivity index (χ0v) is 83.3. The second kappa shape index (κ2) is 51.2. The third-order valence-electron chi connectivity index (χ3n) is 21.0. The lowest BCUT2D eigenvalue weighted by Gasteiger charge is -2.31. The maximum absolute atomic E-state index is 14.6. The maximum Gasteiger partial charge on any atom is 0.250 e. The van der Waals surface area contributed by atoms with E-state index in [9.17, 15) is 122 Å². The van der Waals surface area contributed by atoms with E-state index in [4.69, 9.17) is 16.2 Å². The molecular weight excluding hydrogens is 1790 g/mol. The molecule has 2 rings (SSSR count). The van der Waals surface area contributed by atoms with E-state index < -0.39 is 278 Å². The van der Waals surface area contributed by atoms with E-state index in [1.807, 2.05) is 0 Å². The molecular formula is C90H149N23O24. The number of hydrogen-bond acceptors (Lipinski definition) is 24. The number of rotatable bonds is 54. The number of benzene rings is 1. The number of nitrogens with one attached hydrogen (secondary N) is 3. The quantitative estimate of drug-likeness (QED) is 0.0213. The Kier molecular flexibility index (Phi) is 44.9. The minimum atomic E-state index is -1.88. The summed E-state index contributed by atoms with van der Waals surface area (Å²) >= 11 is 0. The number of hydrogen-bond donors (Lipinski definition) is 26. The molecule has 0 radical (unpaired) electrons. The van der Waals surface area contributed by atoms with Gasteiger partial charge in [0.25, 0.3) is 5.91 Å². The smallest absolute Gasteiger partial charge is 0.250 e. The Bertz CT molecular complexity index is 4930. The number of carbonyl (C=O) groups is 1. The van der Waals surface area contributed by atoms with Crippen LogP contribution in [-0.2, 0) is 11.2 Å². The highest BCUT2D eigenvalue weighted by atomic mass is 16.3. The number of likely N-dealkylation sites (tertiary alicyclic amines) is 1. The average Bonchev–Trinajstić information content (AvgIpc) is 1.77.